The van der Waals surface area contributed by atoms with Gasteiger partial charge in [0.15, 0.2) is 0 Å². The number of nitrogens with one attached hydrogen (secondary N) is 1. The highest BCUT2D eigenvalue weighted by molar-refractivity contribution is 5.33. The molecule has 15 heavy (non-hydrogen) atoms. The highest BCUT2D eigenvalue weighted by Gasteiger charge is 2.01. The Bertz CT molecular complexity index is 279. The molecular weight excluding hydrogens is 188 g/mol. The van der Waals surface area contributed by atoms with E-state index < -0.39 is 0 Å². The van der Waals surface area contributed by atoms with Crippen molar-refractivity contribution >= 4 is 5.82 Å². The number of nitrogens with two attached hydrogens (primary N) is 1. The number of anilines is 1. The van der Waals surface area contributed by atoms with Gasteiger partial charge in [-0.25, -0.2) is 0 Å². The molecule has 0 saturated carbocycles. The summed E-state index contributed by atoms with van der Waals surface area (Å²) in [5, 5.41) is 11.4. The number of hydrogen-bond donors (Lipinski definition) is 2. The third-order valence-corrected chi connectivity index (χ3v) is 2.18. The van der Waals surface area contributed by atoms with E-state index in [-0.39, 0.29) is 6.04 Å². The molecule has 0 bridgehead atoms. The van der Waals surface area contributed by atoms with Crippen molar-refractivity contribution in [1.29, 1.82) is 0 Å². The van der Waals surface area contributed by atoms with Crippen LogP contribution in [0.15, 0.2) is 12.1 Å². The van der Waals surface area contributed by atoms with E-state index in [9.17, 15) is 0 Å². The van der Waals surface area contributed by atoms with E-state index in [0.29, 0.717) is 5.92 Å². The van der Waals surface area contributed by atoms with Crippen LogP contribution in [0.1, 0.15) is 38.8 Å². The van der Waals surface area contributed by atoms with Gasteiger partial charge in [0.1, 0.15) is 5.82 Å². The van der Waals surface area contributed by atoms with Gasteiger partial charge in [0.25, 0.3) is 0 Å². The summed E-state index contributed by atoms with van der Waals surface area (Å²) in [5.74, 6) is 1.25. The van der Waals surface area contributed by atoms with Crippen LogP contribution in [0.4, 0.5) is 5.82 Å². The highest BCUT2D eigenvalue weighted by atomic mass is 15.2. The SMILES string of the molecule is CC(N)CCNc1ccc(C(C)C)nn1. The molecule has 1 aromatic rings. The molecule has 0 amide bonds. The molecule has 0 radical (unpaired) electrons. The number of rotatable bonds is 5. The third kappa shape index (κ3) is 4.25. The smallest absolute Gasteiger partial charge is 0.148 e. The molecule has 1 aromatic heterocycles. The van der Waals surface area contributed by atoms with Crippen molar-refractivity contribution in [3.05, 3.63) is 17.8 Å². The zero-order valence-electron chi connectivity index (χ0n) is 9.70. The second-order valence-electron chi connectivity index (χ2n) is 4.19. The Morgan fingerprint density at radius 2 is 2.00 bits per heavy atom. The molecule has 0 aliphatic carbocycles. The van der Waals surface area contributed by atoms with E-state index in [2.05, 4.69) is 29.4 Å². The largest absolute Gasteiger partial charge is 0.369 e. The van der Waals surface area contributed by atoms with Crippen LogP contribution in [0, 0.1) is 0 Å². The first-order valence-corrected chi connectivity index (χ1v) is 5.42. The van der Waals surface area contributed by atoms with Crippen LogP contribution < -0.4 is 11.1 Å². The summed E-state index contributed by atoms with van der Waals surface area (Å²) in [6.45, 7) is 7.04. The van der Waals surface area contributed by atoms with Gasteiger partial charge in [-0.15, -0.1) is 5.10 Å². The van der Waals surface area contributed by atoms with Crippen LogP contribution in [0.3, 0.4) is 0 Å². The van der Waals surface area contributed by atoms with Crippen LogP contribution in [-0.4, -0.2) is 22.8 Å². The van der Waals surface area contributed by atoms with Crippen LogP contribution in [-0.2, 0) is 0 Å². The second-order valence-corrected chi connectivity index (χ2v) is 4.19. The Morgan fingerprint density at radius 3 is 2.47 bits per heavy atom. The zero-order valence-corrected chi connectivity index (χ0v) is 9.70. The molecule has 84 valence electrons. The summed E-state index contributed by atoms with van der Waals surface area (Å²) >= 11 is 0. The van der Waals surface area contributed by atoms with Gasteiger partial charge >= 0.3 is 0 Å². The number of nitrogens with zero attached hydrogens (tertiary/aromatic N) is 2. The molecule has 1 unspecified atom stereocenters. The molecule has 0 fully saturated rings. The topological polar surface area (TPSA) is 63.8 Å². The summed E-state index contributed by atoms with van der Waals surface area (Å²) in [6.07, 6.45) is 0.938. The zero-order chi connectivity index (χ0) is 11.3. The summed E-state index contributed by atoms with van der Waals surface area (Å²) in [4.78, 5) is 0. The molecule has 4 nitrogen and oxygen atoms in total. The fourth-order valence-corrected chi connectivity index (χ4v) is 1.17. The Kier molecular flexibility index (Phi) is 4.49. The van der Waals surface area contributed by atoms with Crippen LogP contribution in [0.2, 0.25) is 0 Å². The molecule has 4 heteroatoms. The van der Waals surface area contributed by atoms with Gasteiger partial charge in [-0.1, -0.05) is 13.8 Å². The lowest BCUT2D eigenvalue weighted by Gasteiger charge is -2.08. The molecule has 0 aliphatic heterocycles. The summed E-state index contributed by atoms with van der Waals surface area (Å²) < 4.78 is 0. The monoisotopic (exact) mass is 208 g/mol. The van der Waals surface area contributed by atoms with E-state index in [1.165, 1.54) is 0 Å². The van der Waals surface area contributed by atoms with Crippen LogP contribution in [0.5, 0.6) is 0 Å². The van der Waals surface area contributed by atoms with Gasteiger partial charge in [-0.05, 0) is 31.4 Å². The second kappa shape index (κ2) is 5.66. The van der Waals surface area contributed by atoms with Crippen LogP contribution >= 0.6 is 0 Å². The van der Waals surface area contributed by atoms with Gasteiger partial charge in [-0.2, -0.15) is 5.10 Å². The normalized spacial score (nSPS) is 12.9. The minimum Gasteiger partial charge on any atom is -0.369 e. The van der Waals surface area contributed by atoms with Crippen molar-refractivity contribution in [1.82, 2.24) is 10.2 Å². The standard InChI is InChI=1S/C11H20N4/c1-8(2)10-4-5-11(15-14-10)13-7-6-9(3)12/h4-5,8-9H,6-7,12H2,1-3H3,(H,13,15). The van der Waals surface area contributed by atoms with Crippen molar-refractivity contribution < 1.29 is 0 Å². The van der Waals surface area contributed by atoms with Crippen molar-refractivity contribution in [3.63, 3.8) is 0 Å². The first kappa shape index (κ1) is 11.9. The Balaban J connectivity index is 2.43. The first-order valence-electron chi connectivity index (χ1n) is 5.42. The molecule has 0 aliphatic rings. The van der Waals surface area contributed by atoms with Gasteiger partial charge in [-0.3, -0.25) is 0 Å². The lowest BCUT2D eigenvalue weighted by atomic mass is 10.1. The summed E-state index contributed by atoms with van der Waals surface area (Å²) in [7, 11) is 0. The lowest BCUT2D eigenvalue weighted by molar-refractivity contribution is 0.687. The Morgan fingerprint density at radius 1 is 1.27 bits per heavy atom. The predicted octanol–water partition coefficient (Wildman–Crippen LogP) is 1.75. The van der Waals surface area contributed by atoms with E-state index in [0.717, 1.165) is 24.5 Å². The highest BCUT2D eigenvalue weighted by Crippen LogP contribution is 2.11. The maximum atomic E-state index is 5.64. The van der Waals surface area contributed by atoms with Gasteiger partial charge < -0.3 is 11.1 Å². The van der Waals surface area contributed by atoms with Gasteiger partial charge in [0, 0.05) is 12.6 Å². The van der Waals surface area contributed by atoms with E-state index in [1.54, 1.807) is 0 Å². The average molecular weight is 208 g/mol. The van der Waals surface area contributed by atoms with Crippen molar-refractivity contribution in [3.8, 4) is 0 Å². The molecule has 3 N–H and O–H groups in total. The molecular formula is C11H20N4. The van der Waals surface area contributed by atoms with Crippen molar-refractivity contribution in [2.45, 2.75) is 39.2 Å². The van der Waals surface area contributed by atoms with E-state index in [1.807, 2.05) is 19.1 Å². The molecule has 1 atom stereocenters. The predicted molar refractivity (Wildman–Crippen MR) is 62.9 cm³/mol. The third-order valence-electron chi connectivity index (χ3n) is 2.18. The molecule has 0 aromatic carbocycles. The molecule has 1 heterocycles. The van der Waals surface area contributed by atoms with Crippen LogP contribution in [0.25, 0.3) is 0 Å². The fourth-order valence-electron chi connectivity index (χ4n) is 1.17. The number of aromatic nitrogens is 2. The molecule has 0 saturated heterocycles. The fraction of sp³-hybridized carbons (Fsp3) is 0.636. The number of hydrogen-bond acceptors (Lipinski definition) is 4. The maximum absolute atomic E-state index is 5.64. The minimum absolute atomic E-state index is 0.223. The maximum Gasteiger partial charge on any atom is 0.148 e. The van der Waals surface area contributed by atoms with E-state index in [4.69, 9.17) is 5.73 Å². The minimum atomic E-state index is 0.223. The van der Waals surface area contributed by atoms with E-state index >= 15 is 0 Å². The first-order chi connectivity index (χ1) is 7.09. The van der Waals surface area contributed by atoms with Crippen molar-refractivity contribution in [2.24, 2.45) is 5.73 Å². The van der Waals surface area contributed by atoms with Gasteiger partial charge in [0.05, 0.1) is 5.69 Å². The quantitative estimate of drug-likeness (QED) is 0.773. The molecule has 1 rings (SSSR count). The average Bonchev–Trinajstić information content (AvgIpc) is 2.18. The summed E-state index contributed by atoms with van der Waals surface area (Å²) in [5.41, 5.74) is 6.67. The lowest BCUT2D eigenvalue weighted by Crippen LogP contribution is -2.19. The van der Waals surface area contributed by atoms with Crippen molar-refractivity contribution in [2.75, 3.05) is 11.9 Å². The van der Waals surface area contributed by atoms with Gasteiger partial charge in [0.2, 0.25) is 0 Å². The Labute approximate surface area is 91.3 Å². The Hall–Kier alpha value is -1.16. The molecule has 0 spiro atoms. The summed E-state index contributed by atoms with van der Waals surface area (Å²) in [6, 6.07) is 4.19.